The van der Waals surface area contributed by atoms with Gasteiger partial charge in [0.25, 0.3) is 0 Å². The Morgan fingerprint density at radius 3 is 2.76 bits per heavy atom. The van der Waals surface area contributed by atoms with E-state index in [4.69, 9.17) is 16.3 Å². The molecule has 21 heavy (non-hydrogen) atoms. The molecule has 1 aromatic carbocycles. The summed E-state index contributed by atoms with van der Waals surface area (Å²) in [5.74, 6) is 2.18. The number of hydrogen-bond acceptors (Lipinski definition) is 3. The lowest BCUT2D eigenvalue weighted by Gasteiger charge is -2.09. The van der Waals surface area contributed by atoms with Gasteiger partial charge < -0.3 is 9.30 Å². The lowest BCUT2D eigenvalue weighted by Crippen LogP contribution is -2.06. The highest BCUT2D eigenvalue weighted by Gasteiger charge is 2.10. The number of nitrogens with zero attached hydrogens (tertiary/aromatic N) is 3. The molecule has 0 fully saturated rings. The number of imidazole rings is 1. The number of aryl methyl sites for hydroxylation is 1. The molecule has 108 valence electrons. The SMILES string of the molecule is COc1ccc(Cn2c(CCCl)nc3ccccc32)cn1. The van der Waals surface area contributed by atoms with Crippen molar-refractivity contribution < 1.29 is 4.74 Å². The van der Waals surface area contributed by atoms with Gasteiger partial charge in [-0.3, -0.25) is 0 Å². The second kappa shape index (κ2) is 6.14. The van der Waals surface area contributed by atoms with Crippen molar-refractivity contribution in [3.63, 3.8) is 0 Å². The minimum absolute atomic E-state index is 0.560. The minimum atomic E-state index is 0.560. The van der Waals surface area contributed by atoms with Crippen molar-refractivity contribution in [2.24, 2.45) is 0 Å². The van der Waals surface area contributed by atoms with Crippen molar-refractivity contribution in [1.29, 1.82) is 0 Å². The maximum absolute atomic E-state index is 5.90. The largest absolute Gasteiger partial charge is 0.481 e. The summed E-state index contributed by atoms with van der Waals surface area (Å²) in [7, 11) is 1.62. The number of methoxy groups -OCH3 is 1. The second-order valence-corrected chi connectivity index (χ2v) is 5.13. The Balaban J connectivity index is 1.99. The average Bonchev–Trinajstić information content (AvgIpc) is 2.86. The third-order valence-corrected chi connectivity index (χ3v) is 3.59. The van der Waals surface area contributed by atoms with E-state index in [1.165, 1.54) is 0 Å². The number of ether oxygens (including phenoxy) is 1. The number of aromatic nitrogens is 3. The summed E-state index contributed by atoms with van der Waals surface area (Å²) in [5, 5.41) is 0. The molecular weight excluding hydrogens is 286 g/mol. The van der Waals surface area contributed by atoms with Gasteiger partial charge in [0.1, 0.15) is 5.82 Å². The first kappa shape index (κ1) is 13.9. The fourth-order valence-corrected chi connectivity index (χ4v) is 2.55. The molecule has 0 spiro atoms. The van der Waals surface area contributed by atoms with Crippen LogP contribution in [-0.4, -0.2) is 27.5 Å². The minimum Gasteiger partial charge on any atom is -0.481 e. The summed E-state index contributed by atoms with van der Waals surface area (Å²) in [6, 6.07) is 12.0. The average molecular weight is 302 g/mol. The number of benzene rings is 1. The van der Waals surface area contributed by atoms with E-state index in [0.717, 1.165) is 35.4 Å². The van der Waals surface area contributed by atoms with E-state index in [1.54, 1.807) is 7.11 Å². The van der Waals surface area contributed by atoms with E-state index in [9.17, 15) is 0 Å². The van der Waals surface area contributed by atoms with Crippen LogP contribution in [0.15, 0.2) is 42.6 Å². The van der Waals surface area contributed by atoms with Crippen molar-refractivity contribution in [1.82, 2.24) is 14.5 Å². The third kappa shape index (κ3) is 2.85. The normalized spacial score (nSPS) is 11.0. The topological polar surface area (TPSA) is 39.9 Å². The van der Waals surface area contributed by atoms with Gasteiger partial charge in [-0.15, -0.1) is 11.6 Å². The third-order valence-electron chi connectivity index (χ3n) is 3.40. The number of rotatable bonds is 5. The highest BCUT2D eigenvalue weighted by molar-refractivity contribution is 6.17. The molecule has 2 aromatic heterocycles. The number of hydrogen-bond donors (Lipinski definition) is 0. The smallest absolute Gasteiger partial charge is 0.212 e. The van der Waals surface area contributed by atoms with Gasteiger partial charge in [0, 0.05) is 24.6 Å². The van der Waals surface area contributed by atoms with Crippen molar-refractivity contribution in [3.05, 3.63) is 54.0 Å². The second-order valence-electron chi connectivity index (χ2n) is 4.75. The van der Waals surface area contributed by atoms with Crippen LogP contribution in [0.1, 0.15) is 11.4 Å². The molecule has 0 unspecified atom stereocenters. The van der Waals surface area contributed by atoms with Crippen LogP contribution in [-0.2, 0) is 13.0 Å². The standard InChI is InChI=1S/C16H16ClN3O/c1-21-16-7-6-12(10-18-16)11-20-14-5-3-2-4-13(14)19-15(20)8-9-17/h2-7,10H,8-9,11H2,1H3. The summed E-state index contributed by atoms with van der Waals surface area (Å²) in [6.45, 7) is 0.726. The van der Waals surface area contributed by atoms with Gasteiger partial charge in [-0.2, -0.15) is 0 Å². The van der Waals surface area contributed by atoms with Crippen LogP contribution in [0.4, 0.5) is 0 Å². The lowest BCUT2D eigenvalue weighted by molar-refractivity contribution is 0.397. The van der Waals surface area contributed by atoms with Crippen LogP contribution in [0.5, 0.6) is 5.88 Å². The Labute approximate surface area is 128 Å². The van der Waals surface area contributed by atoms with Crippen LogP contribution < -0.4 is 4.74 Å². The lowest BCUT2D eigenvalue weighted by atomic mass is 10.2. The van der Waals surface area contributed by atoms with E-state index < -0.39 is 0 Å². The zero-order valence-electron chi connectivity index (χ0n) is 11.8. The summed E-state index contributed by atoms with van der Waals surface area (Å²) < 4.78 is 7.28. The monoisotopic (exact) mass is 301 g/mol. The number of alkyl halides is 1. The number of fused-ring (bicyclic) bond motifs is 1. The Morgan fingerprint density at radius 1 is 1.19 bits per heavy atom. The zero-order valence-corrected chi connectivity index (χ0v) is 12.5. The molecule has 5 heteroatoms. The van der Waals surface area contributed by atoms with Crippen LogP contribution in [0.3, 0.4) is 0 Å². The van der Waals surface area contributed by atoms with Crippen molar-refractivity contribution >= 4 is 22.6 Å². The maximum Gasteiger partial charge on any atom is 0.212 e. The molecule has 0 radical (unpaired) electrons. The van der Waals surface area contributed by atoms with Gasteiger partial charge in [-0.05, 0) is 17.7 Å². The summed E-state index contributed by atoms with van der Waals surface area (Å²) in [4.78, 5) is 8.92. The summed E-state index contributed by atoms with van der Waals surface area (Å²) in [6.07, 6.45) is 2.58. The van der Waals surface area contributed by atoms with Crippen molar-refractivity contribution in [2.45, 2.75) is 13.0 Å². The molecule has 0 aliphatic carbocycles. The molecule has 0 aliphatic rings. The van der Waals surface area contributed by atoms with E-state index in [1.807, 2.05) is 36.5 Å². The van der Waals surface area contributed by atoms with Gasteiger partial charge in [-0.25, -0.2) is 9.97 Å². The number of para-hydroxylation sites is 2. The van der Waals surface area contributed by atoms with Gasteiger partial charge >= 0.3 is 0 Å². The van der Waals surface area contributed by atoms with Crippen molar-refractivity contribution in [3.8, 4) is 5.88 Å². The molecule has 0 amide bonds. The van der Waals surface area contributed by atoms with Gasteiger partial charge in [-0.1, -0.05) is 18.2 Å². The summed E-state index contributed by atoms with van der Waals surface area (Å²) in [5.41, 5.74) is 3.22. The molecule has 2 heterocycles. The Bertz CT molecular complexity index is 737. The van der Waals surface area contributed by atoms with E-state index in [-0.39, 0.29) is 0 Å². The fraction of sp³-hybridized carbons (Fsp3) is 0.250. The molecule has 0 atom stereocenters. The molecule has 0 saturated carbocycles. The first-order valence-electron chi connectivity index (χ1n) is 6.81. The number of pyridine rings is 1. The van der Waals surface area contributed by atoms with E-state index in [0.29, 0.717) is 11.8 Å². The molecule has 0 N–H and O–H groups in total. The van der Waals surface area contributed by atoms with Gasteiger partial charge in [0.15, 0.2) is 0 Å². The van der Waals surface area contributed by atoms with Crippen molar-refractivity contribution in [2.75, 3.05) is 13.0 Å². The molecule has 0 saturated heterocycles. The molecule has 3 aromatic rings. The predicted molar refractivity (Wildman–Crippen MR) is 84.0 cm³/mol. The van der Waals surface area contributed by atoms with Gasteiger partial charge in [0.2, 0.25) is 5.88 Å². The first-order chi connectivity index (χ1) is 10.3. The predicted octanol–water partition coefficient (Wildman–Crippen LogP) is 3.27. The first-order valence-corrected chi connectivity index (χ1v) is 7.34. The summed E-state index contributed by atoms with van der Waals surface area (Å²) >= 11 is 5.90. The quantitative estimate of drug-likeness (QED) is 0.679. The van der Waals surface area contributed by atoms with Crippen LogP contribution in [0.2, 0.25) is 0 Å². The van der Waals surface area contributed by atoms with E-state index in [2.05, 4.69) is 20.6 Å². The fourth-order valence-electron chi connectivity index (χ4n) is 2.38. The maximum atomic E-state index is 5.90. The molecular formula is C16H16ClN3O. The van der Waals surface area contributed by atoms with Crippen LogP contribution >= 0.6 is 11.6 Å². The molecule has 0 bridgehead atoms. The Kier molecular flexibility index (Phi) is 4.06. The highest BCUT2D eigenvalue weighted by Crippen LogP contribution is 2.19. The number of halogens is 1. The zero-order chi connectivity index (χ0) is 14.7. The van der Waals surface area contributed by atoms with Gasteiger partial charge in [0.05, 0.1) is 24.7 Å². The molecule has 4 nitrogen and oxygen atoms in total. The molecule has 3 rings (SSSR count). The van der Waals surface area contributed by atoms with Crippen LogP contribution in [0, 0.1) is 0 Å². The Morgan fingerprint density at radius 2 is 2.05 bits per heavy atom. The molecule has 0 aliphatic heterocycles. The van der Waals surface area contributed by atoms with Crippen LogP contribution in [0.25, 0.3) is 11.0 Å². The van der Waals surface area contributed by atoms with E-state index >= 15 is 0 Å². The Hall–Kier alpha value is -2.07. The highest BCUT2D eigenvalue weighted by atomic mass is 35.5.